The monoisotopic (exact) mass is 1080 g/mol. The van der Waals surface area contributed by atoms with E-state index >= 15 is 0 Å². The average molecular weight is 1080 g/mol. The van der Waals surface area contributed by atoms with E-state index in [2.05, 4.69) is 27.8 Å². The minimum Gasteiger partial charge on any atom is -0.481 e. The number of allylic oxidation sites excluding steroid dienone is 6. The number of carboxylic acid groups (broad SMARTS) is 1. The van der Waals surface area contributed by atoms with Crippen LogP contribution in [0.4, 0.5) is 0 Å². The highest BCUT2D eigenvalue weighted by Gasteiger charge is 2.50. The van der Waals surface area contributed by atoms with Crippen molar-refractivity contribution >= 4 is 23.9 Å². The minimum atomic E-state index is -2.52. The molecule has 1 saturated heterocycles. The molecule has 2 bridgehead atoms. The number of hydrogen-bond acceptors (Lipinski definition) is 17. The fourth-order valence-electron chi connectivity index (χ4n) is 9.52. The van der Waals surface area contributed by atoms with Gasteiger partial charge >= 0.3 is 17.9 Å². The van der Waals surface area contributed by atoms with Crippen molar-refractivity contribution in [3.8, 4) is 0 Å². The van der Waals surface area contributed by atoms with Crippen LogP contribution < -0.4 is 10.6 Å². The van der Waals surface area contributed by atoms with Gasteiger partial charge in [0.25, 0.3) is 0 Å². The van der Waals surface area contributed by atoms with Crippen LogP contribution in [0.3, 0.4) is 0 Å². The number of aliphatic imine (C=N–C) groups is 1. The summed E-state index contributed by atoms with van der Waals surface area (Å²) in [6, 6.07) is 0. The number of rotatable bonds is 12. The van der Waals surface area contributed by atoms with Gasteiger partial charge in [0.05, 0.1) is 54.9 Å². The second kappa shape index (κ2) is 35.4. The molecule has 1 fully saturated rings. The molecule has 0 unspecified atom stereocenters. The van der Waals surface area contributed by atoms with Gasteiger partial charge in [-0.25, -0.2) is 4.79 Å². The number of guanidine groups is 1. The lowest BCUT2D eigenvalue weighted by atomic mass is 9.84. The van der Waals surface area contributed by atoms with E-state index in [4.69, 9.17) is 14.2 Å². The van der Waals surface area contributed by atoms with Gasteiger partial charge in [0.15, 0.2) is 11.7 Å². The molecule has 436 valence electrons. The topological polar surface area (TPSA) is 338 Å². The van der Waals surface area contributed by atoms with Gasteiger partial charge in [0, 0.05) is 83.0 Å². The molecule has 2 heterocycles. The van der Waals surface area contributed by atoms with Gasteiger partial charge in [0.1, 0.15) is 24.7 Å². The van der Waals surface area contributed by atoms with Crippen molar-refractivity contribution < 1.29 is 84.8 Å². The lowest BCUT2D eigenvalue weighted by Gasteiger charge is -2.45. The molecule has 18 atom stereocenters. The van der Waals surface area contributed by atoms with Crippen molar-refractivity contribution in [2.75, 3.05) is 20.6 Å². The Kier molecular flexibility index (Phi) is 31.7. The van der Waals surface area contributed by atoms with Crippen LogP contribution in [0.25, 0.3) is 0 Å². The van der Waals surface area contributed by atoms with Crippen LogP contribution >= 0.6 is 0 Å². The zero-order valence-electron chi connectivity index (χ0n) is 46.1. The second-order valence-electron chi connectivity index (χ2n) is 21.3. The van der Waals surface area contributed by atoms with Crippen molar-refractivity contribution in [1.29, 1.82) is 0 Å². The maximum absolute atomic E-state index is 13.3. The van der Waals surface area contributed by atoms with E-state index in [1.54, 1.807) is 59.0 Å². The van der Waals surface area contributed by atoms with Crippen molar-refractivity contribution in [3.05, 3.63) is 60.3 Å². The standard InChI is InChI=1S/C56H95N3O17/c1-34-18-14-15-22-51(70)75-53(37(4)19-13-11-9-10-12-16-25-59-55(57-7)58-8)38(5)21-17-20-35(2)45(63)28-41(61)26-40(60)27-42(74-52(71)32-50(68)69)29-43-30-48(66)54(72)56(73,76-43)33-49(67)36(3)23-24-44(62)39(6)47(65)31-46(34)64/h9-10,14-15,17-18,20-22,34,36-49,53-54,60-67,72-73H,11-13,16,19,23-33H2,1-8H3,(H,68,69)(H2,57,58,59)/b10-9+,18-14+,21-17+,22-15+,35-20+/t34-,36+,37-,38-,39+,40-,41+,42+,43-,44-,45+,46-,47+,48-,49+,53-,54-,56+/m0/s1. The molecule has 76 heavy (non-hydrogen) atoms. The number of aliphatic hydroxyl groups is 10. The molecule has 0 aromatic carbocycles. The molecule has 2 aliphatic heterocycles. The Balaban J connectivity index is 2.39. The summed E-state index contributed by atoms with van der Waals surface area (Å²) in [5.41, 5.74) is 0.484. The molecule has 2 aliphatic rings. The molecule has 20 nitrogen and oxygen atoms in total. The van der Waals surface area contributed by atoms with Crippen molar-refractivity contribution in [2.24, 2.45) is 34.6 Å². The number of aliphatic hydroxyl groups excluding tert-OH is 9. The Morgan fingerprint density at radius 2 is 1.47 bits per heavy atom. The van der Waals surface area contributed by atoms with Crippen LogP contribution in [0, 0.1) is 29.6 Å². The summed E-state index contributed by atoms with van der Waals surface area (Å²) in [5, 5.41) is 126. The first-order valence-corrected chi connectivity index (χ1v) is 27.2. The van der Waals surface area contributed by atoms with Gasteiger partial charge in [-0.3, -0.25) is 14.6 Å². The molecular weight excluding hydrogens is 987 g/mol. The third kappa shape index (κ3) is 25.6. The number of nitrogens with one attached hydrogen (secondary N) is 2. The van der Waals surface area contributed by atoms with Crippen LogP contribution in [-0.4, -0.2) is 180 Å². The first-order valence-electron chi connectivity index (χ1n) is 27.2. The minimum absolute atomic E-state index is 0.0526. The molecule has 0 aromatic heterocycles. The number of esters is 2. The highest BCUT2D eigenvalue weighted by molar-refractivity contribution is 5.90. The van der Waals surface area contributed by atoms with Gasteiger partial charge in [-0.1, -0.05) is 83.2 Å². The van der Waals surface area contributed by atoms with Crippen LogP contribution in [0.1, 0.15) is 138 Å². The Morgan fingerprint density at radius 1 is 0.816 bits per heavy atom. The van der Waals surface area contributed by atoms with E-state index in [-0.39, 0.29) is 63.2 Å². The normalized spacial score (nSPS) is 37.5. The summed E-state index contributed by atoms with van der Waals surface area (Å²) >= 11 is 0. The summed E-state index contributed by atoms with van der Waals surface area (Å²) in [7, 11) is 3.53. The number of carboxylic acids is 1. The molecule has 0 saturated carbocycles. The Labute approximate surface area is 450 Å². The van der Waals surface area contributed by atoms with Gasteiger partial charge in [-0.15, -0.1) is 0 Å². The Morgan fingerprint density at radius 3 is 2.13 bits per heavy atom. The number of cyclic esters (lactones) is 1. The molecule has 0 radical (unpaired) electrons. The number of ether oxygens (including phenoxy) is 3. The van der Waals surface area contributed by atoms with Crippen LogP contribution in [0.2, 0.25) is 0 Å². The lowest BCUT2D eigenvalue weighted by molar-refractivity contribution is -0.333. The molecule has 0 amide bonds. The van der Waals surface area contributed by atoms with E-state index in [1.807, 2.05) is 27.0 Å². The van der Waals surface area contributed by atoms with Gasteiger partial charge in [-0.2, -0.15) is 0 Å². The molecule has 2 rings (SSSR count). The number of hydrogen-bond donors (Lipinski definition) is 13. The largest absolute Gasteiger partial charge is 0.481 e. The molecule has 0 spiro atoms. The second-order valence-corrected chi connectivity index (χ2v) is 21.3. The predicted octanol–water partition coefficient (Wildman–Crippen LogP) is 3.24. The third-order valence-electron chi connectivity index (χ3n) is 14.7. The molecule has 20 heteroatoms. The van der Waals surface area contributed by atoms with E-state index in [0.717, 1.165) is 44.6 Å². The smallest absolute Gasteiger partial charge is 0.331 e. The summed E-state index contributed by atoms with van der Waals surface area (Å²) in [4.78, 5) is 41.3. The van der Waals surface area contributed by atoms with Crippen LogP contribution in [0.15, 0.2) is 65.2 Å². The van der Waals surface area contributed by atoms with E-state index < -0.39 is 128 Å². The van der Waals surface area contributed by atoms with Crippen molar-refractivity contribution in [3.63, 3.8) is 0 Å². The maximum atomic E-state index is 13.3. The van der Waals surface area contributed by atoms with Crippen molar-refractivity contribution in [1.82, 2.24) is 10.6 Å². The molecule has 0 aromatic rings. The number of aliphatic carboxylic acids is 1. The maximum Gasteiger partial charge on any atom is 0.331 e. The van der Waals surface area contributed by atoms with E-state index in [9.17, 15) is 70.6 Å². The van der Waals surface area contributed by atoms with Crippen LogP contribution in [-0.2, 0) is 28.6 Å². The highest BCUT2D eigenvalue weighted by atomic mass is 16.7. The fraction of sp³-hybridized carbons (Fsp3) is 0.750. The summed E-state index contributed by atoms with van der Waals surface area (Å²) in [6.45, 7) is 11.4. The quantitative estimate of drug-likeness (QED) is 0.0333. The molecular formula is C56H95N3O17. The van der Waals surface area contributed by atoms with E-state index in [0.29, 0.717) is 5.57 Å². The zero-order valence-corrected chi connectivity index (χ0v) is 46.1. The molecule has 13 N–H and O–H groups in total. The Hall–Kier alpha value is -4.06. The Bertz CT molecular complexity index is 1900. The molecule has 0 aliphatic carbocycles. The number of carbonyl (C=O) groups excluding carboxylic acids is 2. The zero-order chi connectivity index (χ0) is 57.1. The first kappa shape index (κ1) is 68.0. The van der Waals surface area contributed by atoms with E-state index in [1.165, 1.54) is 12.2 Å². The number of fused-ring (bicyclic) bond motifs is 2. The number of carbonyl (C=O) groups is 3. The van der Waals surface area contributed by atoms with Gasteiger partial charge in [0.2, 0.25) is 0 Å². The summed E-state index contributed by atoms with van der Waals surface area (Å²) < 4.78 is 17.4. The van der Waals surface area contributed by atoms with Crippen molar-refractivity contribution in [2.45, 2.75) is 217 Å². The third-order valence-corrected chi connectivity index (χ3v) is 14.7. The lowest BCUT2D eigenvalue weighted by Crippen LogP contribution is -2.60. The fourth-order valence-corrected chi connectivity index (χ4v) is 9.52. The van der Waals surface area contributed by atoms with Gasteiger partial charge in [-0.05, 0) is 75.7 Å². The SMILES string of the molecule is CN=C(NC)NCCC/C=C/CCC[C@H](C)[C@@H]1OC(=O)/C=C/C=C/[C@H](C)[C@@H](O)C[C@@H](O)[C@H](C)[C@@H](O)CC[C@@H](C)[C@H](O)C[C@@]2(O)O[C@@H](C[C@H](OC(=O)CC(=O)O)C[C@@H](O)C[C@@H](O)C[C@@H](O)/C(C)=C/C=C/[C@@H]1C)C[C@H](O)[C@@H]2O. The summed E-state index contributed by atoms with van der Waals surface area (Å²) in [5.74, 6) is -7.07. The predicted molar refractivity (Wildman–Crippen MR) is 287 cm³/mol. The number of nitrogens with zero attached hydrogens (tertiary/aromatic N) is 1. The van der Waals surface area contributed by atoms with Crippen LogP contribution in [0.5, 0.6) is 0 Å². The van der Waals surface area contributed by atoms with Gasteiger partial charge < -0.3 is 81.0 Å². The number of unbranched alkanes of at least 4 members (excludes halogenated alkanes) is 2. The average Bonchev–Trinajstić information content (AvgIpc) is 3.34. The highest BCUT2D eigenvalue weighted by Crippen LogP contribution is 2.36. The summed E-state index contributed by atoms with van der Waals surface area (Å²) in [6.07, 6.45) is 2.44. The first-order chi connectivity index (χ1) is 35.8.